The Morgan fingerprint density at radius 2 is 2.04 bits per heavy atom. The number of likely N-dealkylation sites (tertiary alicyclic amines) is 1. The van der Waals surface area contributed by atoms with Gasteiger partial charge in [-0.1, -0.05) is 0 Å². The van der Waals surface area contributed by atoms with Crippen LogP contribution >= 0.6 is 0 Å². The van der Waals surface area contributed by atoms with Crippen molar-refractivity contribution in [3.63, 3.8) is 0 Å². The van der Waals surface area contributed by atoms with E-state index in [1.54, 1.807) is 38.5 Å². The molecule has 1 atom stereocenters. The van der Waals surface area contributed by atoms with Crippen LogP contribution in [0.15, 0.2) is 12.4 Å². The summed E-state index contributed by atoms with van der Waals surface area (Å²) in [6.07, 6.45) is 5.76. The van der Waals surface area contributed by atoms with Crippen molar-refractivity contribution >= 4 is 17.5 Å². The van der Waals surface area contributed by atoms with Gasteiger partial charge in [0.05, 0.1) is 30.2 Å². The van der Waals surface area contributed by atoms with E-state index in [0.717, 1.165) is 18.5 Å². The molecule has 8 nitrogen and oxygen atoms in total. The second-order valence-corrected chi connectivity index (χ2v) is 5.94. The van der Waals surface area contributed by atoms with Crippen molar-refractivity contribution in [3.8, 4) is 0 Å². The lowest BCUT2D eigenvalue weighted by molar-refractivity contribution is -0.123. The molecule has 132 valence electrons. The van der Waals surface area contributed by atoms with Gasteiger partial charge in [-0.2, -0.15) is 0 Å². The molecule has 1 fully saturated rings. The molecule has 2 rings (SSSR count). The Kier molecular flexibility index (Phi) is 6.08. The van der Waals surface area contributed by atoms with Crippen LogP contribution in [0.25, 0.3) is 0 Å². The van der Waals surface area contributed by atoms with Crippen molar-refractivity contribution in [1.29, 1.82) is 0 Å². The van der Waals surface area contributed by atoms with Crippen LogP contribution in [0.1, 0.15) is 36.3 Å². The first-order valence-electron chi connectivity index (χ1n) is 8.08. The van der Waals surface area contributed by atoms with Gasteiger partial charge in [-0.05, 0) is 19.3 Å². The maximum Gasteiger partial charge on any atom is 0.291 e. The van der Waals surface area contributed by atoms with E-state index < -0.39 is 5.60 Å². The second kappa shape index (κ2) is 8.05. The third-order valence-corrected chi connectivity index (χ3v) is 4.48. The molecule has 1 aromatic rings. The van der Waals surface area contributed by atoms with Gasteiger partial charge < -0.3 is 20.3 Å². The number of aromatic nitrogens is 2. The molecule has 0 unspecified atom stereocenters. The molecule has 1 aliphatic rings. The van der Waals surface area contributed by atoms with E-state index in [-0.39, 0.29) is 17.6 Å². The molecule has 0 spiro atoms. The lowest BCUT2D eigenvalue weighted by Gasteiger charge is -2.41. The van der Waals surface area contributed by atoms with Crippen molar-refractivity contribution in [1.82, 2.24) is 20.2 Å². The van der Waals surface area contributed by atoms with Crippen LogP contribution in [0.5, 0.6) is 0 Å². The van der Waals surface area contributed by atoms with E-state index in [4.69, 9.17) is 4.74 Å². The summed E-state index contributed by atoms with van der Waals surface area (Å²) in [4.78, 5) is 34.1. The van der Waals surface area contributed by atoms with E-state index in [1.807, 2.05) is 0 Å². The number of ether oxygens (including phenoxy) is 1. The van der Waals surface area contributed by atoms with Crippen molar-refractivity contribution in [2.45, 2.75) is 31.3 Å². The van der Waals surface area contributed by atoms with Gasteiger partial charge >= 0.3 is 0 Å². The average molecular weight is 335 g/mol. The zero-order chi connectivity index (χ0) is 17.6. The number of anilines is 1. The monoisotopic (exact) mass is 335 g/mol. The summed E-state index contributed by atoms with van der Waals surface area (Å²) in [6, 6.07) is 0. The quantitative estimate of drug-likeness (QED) is 0.793. The van der Waals surface area contributed by atoms with Gasteiger partial charge in [-0.3, -0.25) is 9.59 Å². The van der Waals surface area contributed by atoms with Gasteiger partial charge in [0.15, 0.2) is 0 Å². The topological polar surface area (TPSA) is 96.5 Å². The third-order valence-electron chi connectivity index (χ3n) is 4.48. The van der Waals surface area contributed by atoms with E-state index in [1.165, 1.54) is 0 Å². The third kappa shape index (κ3) is 4.19. The fraction of sp³-hybridized carbons (Fsp3) is 0.625. The average Bonchev–Trinajstić information content (AvgIpc) is 2.65. The van der Waals surface area contributed by atoms with Crippen molar-refractivity contribution in [3.05, 3.63) is 18.2 Å². The number of hydrogen-bond acceptors (Lipinski definition) is 6. The van der Waals surface area contributed by atoms with Crippen LogP contribution in [0.4, 0.5) is 5.69 Å². The van der Waals surface area contributed by atoms with Gasteiger partial charge in [0.25, 0.3) is 5.91 Å². The summed E-state index contributed by atoms with van der Waals surface area (Å²) in [5, 5.41) is 5.54. The maximum absolute atomic E-state index is 12.6. The van der Waals surface area contributed by atoms with Gasteiger partial charge in [-0.25, -0.2) is 9.97 Å². The number of carbonyl (C=O) groups excluding carboxylic acids is 2. The number of nitrogens with zero attached hydrogens (tertiary/aromatic N) is 3. The highest BCUT2D eigenvalue weighted by atomic mass is 16.5. The minimum atomic E-state index is -0.495. The van der Waals surface area contributed by atoms with E-state index in [9.17, 15) is 9.59 Å². The van der Waals surface area contributed by atoms with E-state index in [2.05, 4.69) is 20.6 Å². The van der Waals surface area contributed by atoms with Crippen molar-refractivity contribution in [2.75, 3.05) is 39.6 Å². The Morgan fingerprint density at radius 3 is 2.62 bits per heavy atom. The van der Waals surface area contributed by atoms with Crippen LogP contribution in [-0.2, 0) is 9.53 Å². The zero-order valence-corrected chi connectivity index (χ0v) is 14.5. The van der Waals surface area contributed by atoms with Gasteiger partial charge in [-0.15, -0.1) is 0 Å². The highest BCUT2D eigenvalue weighted by molar-refractivity contribution is 5.90. The molecular weight excluding hydrogens is 310 g/mol. The van der Waals surface area contributed by atoms with Gasteiger partial charge in [0.2, 0.25) is 11.7 Å². The van der Waals surface area contributed by atoms with Gasteiger partial charge in [0, 0.05) is 34.2 Å². The lowest BCUT2D eigenvalue weighted by atomic mass is 9.87. The predicted octanol–water partition coefficient (Wildman–Crippen LogP) is 0.666. The summed E-state index contributed by atoms with van der Waals surface area (Å²) < 4.78 is 5.70. The van der Waals surface area contributed by atoms with Crippen molar-refractivity contribution in [2.24, 2.45) is 0 Å². The van der Waals surface area contributed by atoms with E-state index >= 15 is 0 Å². The Morgan fingerprint density at radius 1 is 1.33 bits per heavy atom. The first-order chi connectivity index (χ1) is 11.5. The Labute approximate surface area is 142 Å². The Bertz CT molecular complexity index is 578. The summed E-state index contributed by atoms with van der Waals surface area (Å²) in [5.74, 6) is -0.0632. The normalized spacial score (nSPS) is 20.5. The highest BCUT2D eigenvalue weighted by Gasteiger charge is 2.38. The number of hydrogen-bond donors (Lipinski definition) is 2. The summed E-state index contributed by atoms with van der Waals surface area (Å²) in [6.45, 7) is 1.08. The summed E-state index contributed by atoms with van der Waals surface area (Å²) in [7, 11) is 5.02. The molecule has 1 aliphatic heterocycles. The minimum Gasteiger partial charge on any atom is -0.386 e. The van der Waals surface area contributed by atoms with Gasteiger partial charge in [0.1, 0.15) is 0 Å². The minimum absolute atomic E-state index is 0.0270. The molecule has 0 saturated carbocycles. The second-order valence-electron chi connectivity index (χ2n) is 5.94. The van der Waals surface area contributed by atoms with Crippen molar-refractivity contribution < 1.29 is 14.3 Å². The van der Waals surface area contributed by atoms with Crippen LogP contribution in [-0.4, -0.2) is 66.6 Å². The largest absolute Gasteiger partial charge is 0.386 e. The number of rotatable bonds is 6. The predicted molar refractivity (Wildman–Crippen MR) is 89.8 cm³/mol. The molecule has 1 aromatic heterocycles. The first kappa shape index (κ1) is 18.1. The fourth-order valence-electron chi connectivity index (χ4n) is 2.92. The Hall–Kier alpha value is -2.22. The molecule has 24 heavy (non-hydrogen) atoms. The number of piperidine rings is 1. The Balaban J connectivity index is 2.06. The molecule has 0 aromatic carbocycles. The van der Waals surface area contributed by atoms with Crippen LogP contribution in [0, 0.1) is 0 Å². The maximum atomic E-state index is 12.6. The number of amides is 2. The number of carbonyl (C=O) groups is 2. The standard InChI is InChI=1S/C16H25N5O3/c1-17-12-9-19-14(20-10-12)15(23)21-8-4-6-16(11-21,24-3)7-5-13(22)18-2/h9-10,17H,4-8,11H2,1-3H3,(H,18,22)/t16-/m1/s1. The smallest absolute Gasteiger partial charge is 0.291 e. The van der Waals surface area contributed by atoms with Crippen LogP contribution < -0.4 is 10.6 Å². The SMILES string of the molecule is CNC(=O)CC[C@]1(OC)CCCN(C(=O)c2ncc(NC)cn2)C1. The lowest BCUT2D eigenvalue weighted by Crippen LogP contribution is -2.52. The molecular formula is C16H25N5O3. The molecule has 8 heteroatoms. The first-order valence-corrected chi connectivity index (χ1v) is 8.08. The highest BCUT2D eigenvalue weighted by Crippen LogP contribution is 2.29. The molecule has 2 N–H and O–H groups in total. The molecule has 0 radical (unpaired) electrons. The molecule has 0 bridgehead atoms. The summed E-state index contributed by atoms with van der Waals surface area (Å²) in [5.41, 5.74) is 0.257. The zero-order valence-electron chi connectivity index (χ0n) is 14.5. The van der Waals surface area contributed by atoms with E-state index in [0.29, 0.717) is 25.9 Å². The molecule has 1 saturated heterocycles. The molecule has 2 heterocycles. The number of nitrogens with one attached hydrogen (secondary N) is 2. The molecule has 0 aliphatic carbocycles. The molecule has 2 amide bonds. The van der Waals surface area contributed by atoms with Crippen LogP contribution in [0.3, 0.4) is 0 Å². The number of methoxy groups -OCH3 is 1. The summed E-state index contributed by atoms with van der Waals surface area (Å²) >= 11 is 0. The fourth-order valence-corrected chi connectivity index (χ4v) is 2.92. The van der Waals surface area contributed by atoms with Crippen LogP contribution in [0.2, 0.25) is 0 Å².